The van der Waals surface area contributed by atoms with Crippen molar-refractivity contribution in [2.45, 2.75) is 6.92 Å². The second-order valence-corrected chi connectivity index (χ2v) is 5.57. The van der Waals surface area contributed by atoms with Gasteiger partial charge in [-0.15, -0.1) is 0 Å². The number of anilines is 2. The lowest BCUT2D eigenvalue weighted by Gasteiger charge is -2.07. The van der Waals surface area contributed by atoms with Gasteiger partial charge in [0.15, 0.2) is 16.7 Å². The third kappa shape index (κ3) is 2.63. The van der Waals surface area contributed by atoms with Gasteiger partial charge in [0, 0.05) is 11.3 Å². The predicted octanol–water partition coefficient (Wildman–Crippen LogP) is 2.54. The van der Waals surface area contributed by atoms with Gasteiger partial charge in [0.05, 0.1) is 10.2 Å². The molecule has 4 N–H and O–H groups in total. The topological polar surface area (TPSA) is 101 Å². The van der Waals surface area contributed by atoms with E-state index in [0.29, 0.717) is 16.4 Å². The van der Waals surface area contributed by atoms with Crippen LogP contribution < -0.4 is 11.1 Å². The van der Waals surface area contributed by atoms with E-state index < -0.39 is 0 Å². The fourth-order valence-electron chi connectivity index (χ4n) is 1.90. The van der Waals surface area contributed by atoms with Gasteiger partial charge in [0.1, 0.15) is 0 Å². The summed E-state index contributed by atoms with van der Waals surface area (Å²) in [4.78, 5) is 20.4. The van der Waals surface area contributed by atoms with Crippen molar-refractivity contribution >= 4 is 38.4 Å². The molecule has 1 amide bonds. The van der Waals surface area contributed by atoms with Gasteiger partial charge in [-0.3, -0.25) is 4.79 Å². The van der Waals surface area contributed by atoms with E-state index in [1.54, 1.807) is 31.2 Å². The number of pyridine rings is 1. The summed E-state index contributed by atoms with van der Waals surface area (Å²) in [6, 6.07) is 8.26. The van der Waals surface area contributed by atoms with Crippen molar-refractivity contribution in [2.75, 3.05) is 11.1 Å². The van der Waals surface area contributed by atoms with Crippen LogP contribution in [0.25, 0.3) is 10.2 Å². The third-order valence-corrected chi connectivity index (χ3v) is 3.76. The van der Waals surface area contributed by atoms with Crippen LogP contribution in [0.5, 0.6) is 5.75 Å². The number of nitrogens with zero attached hydrogens (tertiary/aromatic N) is 2. The molecule has 21 heavy (non-hydrogen) atoms. The molecule has 0 fully saturated rings. The number of fused-ring (bicyclic) bond motifs is 1. The number of aryl methyl sites for hydroxylation is 1. The Bertz CT molecular complexity index is 844. The number of nitrogens with two attached hydrogens (primary N) is 1. The zero-order valence-corrected chi connectivity index (χ0v) is 11.9. The Morgan fingerprint density at radius 3 is 2.90 bits per heavy atom. The Morgan fingerprint density at radius 1 is 1.29 bits per heavy atom. The fourth-order valence-corrected chi connectivity index (χ4v) is 2.68. The van der Waals surface area contributed by atoms with E-state index in [4.69, 9.17) is 5.73 Å². The number of aromatic hydroxyl groups is 1. The van der Waals surface area contributed by atoms with Gasteiger partial charge in [-0.25, -0.2) is 9.97 Å². The molecule has 0 saturated carbocycles. The first-order chi connectivity index (χ1) is 10.0. The van der Waals surface area contributed by atoms with Gasteiger partial charge >= 0.3 is 0 Å². The average molecular weight is 300 g/mol. The second kappa shape index (κ2) is 5.02. The second-order valence-electron chi connectivity index (χ2n) is 4.51. The van der Waals surface area contributed by atoms with Crippen LogP contribution in [-0.2, 0) is 0 Å². The summed E-state index contributed by atoms with van der Waals surface area (Å²) in [6.07, 6.45) is 0. The van der Waals surface area contributed by atoms with Gasteiger partial charge in [-0.05, 0) is 37.3 Å². The Kier molecular flexibility index (Phi) is 3.19. The molecule has 0 atom stereocenters. The van der Waals surface area contributed by atoms with Crippen LogP contribution in [0.3, 0.4) is 0 Å². The molecule has 2 aromatic heterocycles. The number of hydrogen-bond donors (Lipinski definition) is 3. The standard InChI is InChI=1S/C14H12N4O2S/c1-7-2-5-10(19)12(16-7)18-13(20)8-3-4-9-11(6-8)21-14(15)17-9/h2-6,19H,1H3,(H2,15,17)(H,16,18,20). The molecule has 3 rings (SSSR count). The van der Waals surface area contributed by atoms with Crippen LogP contribution in [0.1, 0.15) is 16.1 Å². The van der Waals surface area contributed by atoms with E-state index in [-0.39, 0.29) is 17.5 Å². The summed E-state index contributed by atoms with van der Waals surface area (Å²) in [7, 11) is 0. The quantitative estimate of drug-likeness (QED) is 0.675. The first-order valence-corrected chi connectivity index (χ1v) is 6.98. The number of carbonyl (C=O) groups excluding carboxylic acids is 1. The summed E-state index contributed by atoms with van der Waals surface area (Å²) in [5.74, 6) is -0.279. The first kappa shape index (κ1) is 13.3. The third-order valence-electron chi connectivity index (χ3n) is 2.91. The molecule has 7 heteroatoms. The molecular weight excluding hydrogens is 288 g/mol. The summed E-state index contributed by atoms with van der Waals surface area (Å²) in [5.41, 5.74) is 7.55. The molecule has 0 radical (unpaired) electrons. The zero-order chi connectivity index (χ0) is 15.0. The first-order valence-electron chi connectivity index (χ1n) is 6.17. The Morgan fingerprint density at radius 2 is 2.10 bits per heavy atom. The number of thiazole rings is 1. The van der Waals surface area contributed by atoms with Gasteiger partial charge < -0.3 is 16.2 Å². The molecule has 0 aliphatic heterocycles. The minimum atomic E-state index is -0.350. The van der Waals surface area contributed by atoms with Crippen molar-refractivity contribution in [3.63, 3.8) is 0 Å². The van der Waals surface area contributed by atoms with E-state index in [1.165, 1.54) is 17.4 Å². The maximum atomic E-state index is 12.2. The molecule has 0 saturated heterocycles. The van der Waals surface area contributed by atoms with Gasteiger partial charge in [0.25, 0.3) is 5.91 Å². The van der Waals surface area contributed by atoms with E-state index in [2.05, 4.69) is 15.3 Å². The highest BCUT2D eigenvalue weighted by molar-refractivity contribution is 7.22. The average Bonchev–Trinajstić information content (AvgIpc) is 2.81. The van der Waals surface area contributed by atoms with Crippen LogP contribution in [0.2, 0.25) is 0 Å². The van der Waals surface area contributed by atoms with E-state index in [0.717, 1.165) is 10.2 Å². The highest BCUT2D eigenvalue weighted by atomic mass is 32.1. The van der Waals surface area contributed by atoms with Crippen molar-refractivity contribution in [3.8, 4) is 5.75 Å². The van der Waals surface area contributed by atoms with Crippen LogP contribution in [0.4, 0.5) is 10.9 Å². The van der Waals surface area contributed by atoms with Crippen molar-refractivity contribution in [1.29, 1.82) is 0 Å². The molecule has 0 unspecified atom stereocenters. The molecule has 3 aromatic rings. The van der Waals surface area contributed by atoms with Gasteiger partial charge in [-0.1, -0.05) is 11.3 Å². The number of benzene rings is 1. The molecule has 0 bridgehead atoms. The van der Waals surface area contributed by atoms with Crippen molar-refractivity contribution < 1.29 is 9.90 Å². The predicted molar refractivity (Wildman–Crippen MR) is 82.6 cm³/mol. The lowest BCUT2D eigenvalue weighted by Crippen LogP contribution is -2.13. The van der Waals surface area contributed by atoms with E-state index in [1.807, 2.05) is 0 Å². The van der Waals surface area contributed by atoms with Crippen molar-refractivity contribution in [2.24, 2.45) is 0 Å². The maximum Gasteiger partial charge on any atom is 0.256 e. The molecule has 2 heterocycles. The molecular formula is C14H12N4O2S. The highest BCUT2D eigenvalue weighted by Gasteiger charge is 2.12. The van der Waals surface area contributed by atoms with Crippen molar-refractivity contribution in [3.05, 3.63) is 41.6 Å². The Hall–Kier alpha value is -2.67. The normalized spacial score (nSPS) is 10.7. The Labute approximate surface area is 124 Å². The molecule has 6 nitrogen and oxygen atoms in total. The van der Waals surface area contributed by atoms with E-state index >= 15 is 0 Å². The molecule has 0 aliphatic carbocycles. The monoisotopic (exact) mass is 300 g/mol. The molecule has 0 aliphatic rings. The summed E-state index contributed by atoms with van der Waals surface area (Å²) in [5, 5.41) is 12.8. The summed E-state index contributed by atoms with van der Waals surface area (Å²) in [6.45, 7) is 1.78. The van der Waals surface area contributed by atoms with Crippen LogP contribution in [0.15, 0.2) is 30.3 Å². The SMILES string of the molecule is Cc1ccc(O)c(NC(=O)c2ccc3nc(N)sc3c2)n1. The molecule has 1 aromatic carbocycles. The van der Waals surface area contributed by atoms with Crippen LogP contribution in [-0.4, -0.2) is 21.0 Å². The van der Waals surface area contributed by atoms with Crippen molar-refractivity contribution in [1.82, 2.24) is 9.97 Å². The van der Waals surface area contributed by atoms with Gasteiger partial charge in [-0.2, -0.15) is 0 Å². The van der Waals surface area contributed by atoms with Gasteiger partial charge in [0.2, 0.25) is 0 Å². The lowest BCUT2D eigenvalue weighted by molar-refractivity contribution is 0.102. The number of aromatic nitrogens is 2. The fraction of sp³-hybridized carbons (Fsp3) is 0.0714. The number of nitrogen functional groups attached to an aromatic ring is 1. The lowest BCUT2D eigenvalue weighted by atomic mass is 10.2. The smallest absolute Gasteiger partial charge is 0.256 e. The van der Waals surface area contributed by atoms with Crippen LogP contribution in [0, 0.1) is 6.92 Å². The van der Waals surface area contributed by atoms with Crippen LogP contribution >= 0.6 is 11.3 Å². The number of amides is 1. The number of carbonyl (C=O) groups is 1. The maximum absolute atomic E-state index is 12.2. The minimum absolute atomic E-state index is 0.0722. The largest absolute Gasteiger partial charge is 0.504 e. The number of rotatable bonds is 2. The molecule has 106 valence electrons. The Balaban J connectivity index is 1.91. The molecule has 0 spiro atoms. The zero-order valence-electron chi connectivity index (χ0n) is 11.1. The number of hydrogen-bond acceptors (Lipinski definition) is 6. The minimum Gasteiger partial charge on any atom is -0.504 e. The summed E-state index contributed by atoms with van der Waals surface area (Å²) >= 11 is 1.32. The highest BCUT2D eigenvalue weighted by Crippen LogP contribution is 2.26. The summed E-state index contributed by atoms with van der Waals surface area (Å²) < 4.78 is 0.835. The number of nitrogens with one attached hydrogen (secondary N) is 1. The van der Waals surface area contributed by atoms with E-state index in [9.17, 15) is 9.90 Å².